The topological polar surface area (TPSA) is 46.4 Å². The monoisotopic (exact) mass is 409 g/mol. The Hall–Kier alpha value is -1.63. The maximum Gasteiger partial charge on any atom is 0.244 e. The number of benzene rings is 1. The molecule has 0 aliphatic heterocycles. The molecule has 0 saturated carbocycles. The van der Waals surface area contributed by atoms with Crippen LogP contribution in [0.25, 0.3) is 11.0 Å². The minimum Gasteiger partial charge on any atom is -0.346 e. The molecule has 0 fully saturated rings. The van der Waals surface area contributed by atoms with Crippen LogP contribution in [-0.2, 0) is 4.79 Å². The Kier molecular flexibility index (Phi) is 4.84. The summed E-state index contributed by atoms with van der Waals surface area (Å²) in [5.74, 6) is -0.186. The molecule has 0 aliphatic rings. The summed E-state index contributed by atoms with van der Waals surface area (Å²) in [4.78, 5) is 17.2. The van der Waals surface area contributed by atoms with Crippen molar-refractivity contribution in [3.05, 3.63) is 62.8 Å². The van der Waals surface area contributed by atoms with Crippen molar-refractivity contribution in [2.24, 2.45) is 0 Å². The lowest BCUT2D eigenvalue weighted by atomic mass is 10.1. The molecule has 4 nitrogen and oxygen atoms in total. The molecule has 1 N–H and O–H groups in total. The van der Waals surface area contributed by atoms with Gasteiger partial charge in [0.05, 0.1) is 11.7 Å². The van der Waals surface area contributed by atoms with E-state index in [4.69, 9.17) is 11.6 Å². The Morgan fingerprint density at radius 3 is 3.04 bits per heavy atom. The van der Waals surface area contributed by atoms with Crippen molar-refractivity contribution in [3.63, 3.8) is 0 Å². The maximum atomic E-state index is 12.1. The van der Waals surface area contributed by atoms with Crippen LogP contribution in [-0.4, -0.2) is 15.3 Å². The standard InChI is InChI=1S/C16H13BrClN3OS/c1-10(11-4-2-3-5-12(11)17)19-14(22)7-6-13-15(18)20-16-21(13)8-9-23-16/h2-10H,1H3,(H,19,22)/b7-6+. The van der Waals surface area contributed by atoms with Crippen LogP contribution in [0.4, 0.5) is 0 Å². The van der Waals surface area contributed by atoms with Crippen molar-refractivity contribution >= 4 is 55.8 Å². The van der Waals surface area contributed by atoms with Crippen LogP contribution in [0.5, 0.6) is 0 Å². The van der Waals surface area contributed by atoms with Gasteiger partial charge in [0.25, 0.3) is 0 Å². The van der Waals surface area contributed by atoms with E-state index in [1.165, 1.54) is 17.4 Å². The highest BCUT2D eigenvalue weighted by atomic mass is 79.9. The van der Waals surface area contributed by atoms with Crippen LogP contribution in [0.2, 0.25) is 5.15 Å². The number of fused-ring (bicyclic) bond motifs is 1. The van der Waals surface area contributed by atoms with Crippen LogP contribution in [0.15, 0.2) is 46.4 Å². The van der Waals surface area contributed by atoms with E-state index in [1.54, 1.807) is 6.08 Å². The highest BCUT2D eigenvalue weighted by Gasteiger charge is 2.12. The van der Waals surface area contributed by atoms with Crippen LogP contribution in [0, 0.1) is 0 Å². The minimum absolute atomic E-state index is 0.107. The van der Waals surface area contributed by atoms with E-state index in [-0.39, 0.29) is 11.9 Å². The van der Waals surface area contributed by atoms with Gasteiger partial charge >= 0.3 is 0 Å². The third kappa shape index (κ3) is 3.49. The molecular weight excluding hydrogens is 398 g/mol. The average molecular weight is 411 g/mol. The molecule has 2 aromatic heterocycles. The lowest BCUT2D eigenvalue weighted by Crippen LogP contribution is -2.24. The number of amides is 1. The molecular formula is C16H13BrClN3OS. The molecule has 0 radical (unpaired) electrons. The fourth-order valence-corrected chi connectivity index (χ4v) is 3.88. The largest absolute Gasteiger partial charge is 0.346 e. The van der Waals surface area contributed by atoms with Gasteiger partial charge in [0.1, 0.15) is 0 Å². The number of rotatable bonds is 4. The van der Waals surface area contributed by atoms with Crippen LogP contribution in [0.3, 0.4) is 0 Å². The number of aromatic nitrogens is 2. The predicted octanol–water partition coefficient (Wildman–Crippen LogP) is 4.70. The zero-order chi connectivity index (χ0) is 16.4. The van der Waals surface area contributed by atoms with Gasteiger partial charge in [0.2, 0.25) is 5.91 Å². The van der Waals surface area contributed by atoms with Crippen molar-refractivity contribution < 1.29 is 4.79 Å². The Morgan fingerprint density at radius 1 is 1.48 bits per heavy atom. The first-order valence-electron chi connectivity index (χ1n) is 6.90. The Bertz CT molecular complexity index is 886. The second kappa shape index (κ2) is 6.86. The third-order valence-electron chi connectivity index (χ3n) is 3.38. The Morgan fingerprint density at radius 2 is 2.26 bits per heavy atom. The first kappa shape index (κ1) is 16.2. The van der Waals surface area contributed by atoms with Crippen LogP contribution >= 0.6 is 38.9 Å². The lowest BCUT2D eigenvalue weighted by molar-refractivity contribution is -0.117. The van der Waals surface area contributed by atoms with Crippen molar-refractivity contribution in [2.45, 2.75) is 13.0 Å². The number of nitrogens with zero attached hydrogens (tertiary/aromatic N) is 2. The molecule has 2 heterocycles. The number of thiazole rings is 1. The number of halogens is 2. The second-order valence-corrected chi connectivity index (χ2v) is 7.01. The quantitative estimate of drug-likeness (QED) is 0.634. The second-order valence-electron chi connectivity index (χ2n) is 4.93. The SMILES string of the molecule is CC(NC(=O)/C=C/c1c(Cl)nc2sccn12)c1ccccc1Br. The highest BCUT2D eigenvalue weighted by Crippen LogP contribution is 2.24. The van der Waals surface area contributed by atoms with E-state index < -0.39 is 0 Å². The van der Waals surface area contributed by atoms with E-state index in [9.17, 15) is 4.79 Å². The normalized spacial score (nSPS) is 12.8. The summed E-state index contributed by atoms with van der Waals surface area (Å²) in [5, 5.41) is 5.25. The Labute approximate surface area is 150 Å². The van der Waals surface area contributed by atoms with E-state index in [0.717, 1.165) is 15.0 Å². The number of carbonyl (C=O) groups excluding carboxylic acids is 1. The van der Waals surface area contributed by atoms with Gasteiger partial charge in [-0.05, 0) is 24.6 Å². The molecule has 1 amide bonds. The van der Waals surface area contributed by atoms with Crippen molar-refractivity contribution in [1.29, 1.82) is 0 Å². The summed E-state index contributed by atoms with van der Waals surface area (Å²) in [6, 6.07) is 7.70. The zero-order valence-electron chi connectivity index (χ0n) is 12.2. The minimum atomic E-state index is -0.186. The van der Waals surface area contributed by atoms with Crippen molar-refractivity contribution in [3.8, 4) is 0 Å². The first-order valence-corrected chi connectivity index (χ1v) is 8.95. The number of hydrogen-bond donors (Lipinski definition) is 1. The Balaban J connectivity index is 1.73. The molecule has 3 aromatic rings. The summed E-state index contributed by atoms with van der Waals surface area (Å²) < 4.78 is 2.82. The molecule has 3 rings (SSSR count). The van der Waals surface area contributed by atoms with E-state index in [0.29, 0.717) is 10.8 Å². The van der Waals surface area contributed by atoms with Crippen molar-refractivity contribution in [1.82, 2.24) is 14.7 Å². The summed E-state index contributed by atoms with van der Waals surface area (Å²) in [6.07, 6.45) is 5.03. The third-order valence-corrected chi connectivity index (χ3v) is 5.13. The fourth-order valence-electron chi connectivity index (χ4n) is 2.25. The average Bonchev–Trinajstić information content (AvgIpc) is 3.06. The number of nitrogens with one attached hydrogen (secondary N) is 1. The van der Waals surface area contributed by atoms with Gasteiger partial charge in [0.15, 0.2) is 10.1 Å². The van der Waals surface area contributed by atoms with Gasteiger partial charge < -0.3 is 5.32 Å². The van der Waals surface area contributed by atoms with Gasteiger partial charge in [-0.1, -0.05) is 45.7 Å². The lowest BCUT2D eigenvalue weighted by Gasteiger charge is -2.14. The summed E-state index contributed by atoms with van der Waals surface area (Å²) >= 11 is 11.1. The summed E-state index contributed by atoms with van der Waals surface area (Å²) in [5.41, 5.74) is 1.73. The predicted molar refractivity (Wildman–Crippen MR) is 97.8 cm³/mol. The van der Waals surface area contributed by atoms with Gasteiger partial charge in [-0.25, -0.2) is 4.98 Å². The number of hydrogen-bond acceptors (Lipinski definition) is 3. The smallest absolute Gasteiger partial charge is 0.244 e. The van der Waals surface area contributed by atoms with E-state index >= 15 is 0 Å². The first-order chi connectivity index (χ1) is 11.1. The number of imidazole rings is 1. The molecule has 0 aliphatic carbocycles. The molecule has 0 bridgehead atoms. The van der Waals surface area contributed by atoms with Crippen molar-refractivity contribution in [2.75, 3.05) is 0 Å². The molecule has 0 saturated heterocycles. The molecule has 23 heavy (non-hydrogen) atoms. The van der Waals surface area contributed by atoms with Gasteiger partial charge in [0, 0.05) is 22.1 Å². The van der Waals surface area contributed by atoms with E-state index in [1.807, 2.05) is 47.2 Å². The van der Waals surface area contributed by atoms with Gasteiger partial charge in [-0.15, -0.1) is 11.3 Å². The van der Waals surface area contributed by atoms with Gasteiger partial charge in [-0.2, -0.15) is 0 Å². The maximum absolute atomic E-state index is 12.1. The molecule has 1 aromatic carbocycles. The molecule has 118 valence electrons. The molecule has 1 atom stereocenters. The zero-order valence-corrected chi connectivity index (χ0v) is 15.3. The number of carbonyl (C=O) groups is 1. The van der Waals surface area contributed by atoms with E-state index in [2.05, 4.69) is 26.2 Å². The molecule has 0 spiro atoms. The van der Waals surface area contributed by atoms with Crippen LogP contribution in [0.1, 0.15) is 24.2 Å². The fraction of sp³-hybridized carbons (Fsp3) is 0.125. The molecule has 7 heteroatoms. The van der Waals surface area contributed by atoms with Crippen LogP contribution < -0.4 is 5.32 Å². The molecule has 1 unspecified atom stereocenters. The highest BCUT2D eigenvalue weighted by molar-refractivity contribution is 9.10. The van der Waals surface area contributed by atoms with Gasteiger partial charge in [-0.3, -0.25) is 9.20 Å². The summed E-state index contributed by atoms with van der Waals surface area (Å²) in [7, 11) is 0. The summed E-state index contributed by atoms with van der Waals surface area (Å²) in [6.45, 7) is 1.94.